The zero-order valence-electron chi connectivity index (χ0n) is 16.7. The fourth-order valence-electron chi connectivity index (χ4n) is 2.98. The first-order chi connectivity index (χ1) is 15.2. The fourth-order valence-corrected chi connectivity index (χ4v) is 3.15. The van der Waals surface area contributed by atoms with Crippen molar-refractivity contribution in [1.29, 1.82) is 0 Å². The highest BCUT2D eigenvalue weighted by Crippen LogP contribution is 2.30. The highest BCUT2D eigenvalue weighted by molar-refractivity contribution is 6.17. The third-order valence-electron chi connectivity index (χ3n) is 4.63. The second-order valence-electron chi connectivity index (χ2n) is 6.90. The number of halogens is 4. The Morgan fingerprint density at radius 2 is 1.53 bits per heavy atom. The first-order valence-electron chi connectivity index (χ1n) is 9.49. The van der Waals surface area contributed by atoms with Gasteiger partial charge < -0.3 is 16.4 Å². The summed E-state index contributed by atoms with van der Waals surface area (Å²) in [4.78, 5) is 25.1. The number of carbonyl (C=O) groups excluding carboxylic acids is 2. The lowest BCUT2D eigenvalue weighted by atomic mass is 10.1. The number of rotatable bonds is 6. The molecule has 9 heteroatoms. The smallest absolute Gasteiger partial charge is 0.326 e. The van der Waals surface area contributed by atoms with Crippen molar-refractivity contribution in [2.24, 2.45) is 5.73 Å². The number of alkyl halides is 4. The number of carbonyl (C=O) groups is 2. The Kier molecular flexibility index (Phi) is 7.17. The Labute approximate surface area is 187 Å². The molecule has 5 nitrogen and oxygen atoms in total. The molecular formula is C23H19ClF3N3O2. The van der Waals surface area contributed by atoms with E-state index in [4.69, 9.17) is 17.3 Å². The Hall–Kier alpha value is -3.36. The molecule has 166 valence electrons. The largest absolute Gasteiger partial charge is 0.416 e. The molecule has 0 aliphatic carbocycles. The van der Waals surface area contributed by atoms with Crippen molar-refractivity contribution in [3.8, 4) is 0 Å². The molecule has 0 bridgehead atoms. The lowest BCUT2D eigenvalue weighted by Gasteiger charge is -2.14. The van der Waals surface area contributed by atoms with Gasteiger partial charge in [-0.25, -0.2) is 0 Å². The number of hydrogen-bond donors (Lipinski definition) is 3. The molecule has 0 spiro atoms. The summed E-state index contributed by atoms with van der Waals surface area (Å²) in [7, 11) is 0. The van der Waals surface area contributed by atoms with Crippen LogP contribution in [-0.4, -0.2) is 11.8 Å². The highest BCUT2D eigenvalue weighted by Gasteiger charge is 2.30. The molecule has 0 saturated carbocycles. The summed E-state index contributed by atoms with van der Waals surface area (Å²) in [6.45, 7) is 0.124. The van der Waals surface area contributed by atoms with E-state index in [1.165, 1.54) is 12.1 Å². The molecule has 0 aliphatic heterocycles. The third kappa shape index (κ3) is 5.66. The summed E-state index contributed by atoms with van der Waals surface area (Å²) in [5.74, 6) is -0.858. The minimum Gasteiger partial charge on any atom is -0.326 e. The maximum Gasteiger partial charge on any atom is 0.416 e. The quantitative estimate of drug-likeness (QED) is 0.429. The molecule has 0 unspecified atom stereocenters. The molecule has 0 saturated heterocycles. The van der Waals surface area contributed by atoms with Crippen LogP contribution in [0, 0.1) is 0 Å². The lowest BCUT2D eigenvalue weighted by molar-refractivity contribution is -0.137. The van der Waals surface area contributed by atoms with Crippen molar-refractivity contribution < 1.29 is 22.8 Å². The monoisotopic (exact) mass is 461 g/mol. The maximum absolute atomic E-state index is 12.9. The van der Waals surface area contributed by atoms with Crippen molar-refractivity contribution in [1.82, 2.24) is 0 Å². The topological polar surface area (TPSA) is 84.2 Å². The minimum atomic E-state index is -4.56. The molecule has 3 aromatic carbocycles. The van der Waals surface area contributed by atoms with Crippen LogP contribution in [0.2, 0.25) is 0 Å². The van der Waals surface area contributed by atoms with E-state index in [-0.39, 0.29) is 23.7 Å². The molecule has 0 atom stereocenters. The Morgan fingerprint density at radius 1 is 0.875 bits per heavy atom. The zero-order valence-corrected chi connectivity index (χ0v) is 17.4. The molecule has 2 amide bonds. The van der Waals surface area contributed by atoms with Crippen molar-refractivity contribution in [2.75, 3.05) is 10.6 Å². The summed E-state index contributed by atoms with van der Waals surface area (Å²) in [5, 5.41) is 5.29. The highest BCUT2D eigenvalue weighted by atomic mass is 35.5. The zero-order chi connectivity index (χ0) is 23.3. The molecular weight excluding hydrogens is 443 g/mol. The molecule has 32 heavy (non-hydrogen) atoms. The predicted octanol–water partition coefficient (Wildman–Crippen LogP) is 5.41. The number of anilines is 2. The van der Waals surface area contributed by atoms with Crippen molar-refractivity contribution in [3.05, 3.63) is 94.5 Å². The SMILES string of the molecule is NCc1ccc(NC(=O)c2cccc(C(F)(F)F)c2)cc1NC(=O)c1cccc(CCl)c1. The van der Waals surface area contributed by atoms with Crippen LogP contribution in [0.5, 0.6) is 0 Å². The van der Waals surface area contributed by atoms with Gasteiger partial charge in [-0.3, -0.25) is 9.59 Å². The van der Waals surface area contributed by atoms with Gasteiger partial charge >= 0.3 is 6.18 Å². The second kappa shape index (κ2) is 9.84. The van der Waals surface area contributed by atoms with Gasteiger partial charge in [-0.05, 0) is 53.6 Å². The van der Waals surface area contributed by atoms with Crippen LogP contribution < -0.4 is 16.4 Å². The summed E-state index contributed by atoms with van der Waals surface area (Å²) in [6.07, 6.45) is -4.56. The first kappa shape index (κ1) is 23.3. The summed E-state index contributed by atoms with van der Waals surface area (Å²) >= 11 is 5.82. The van der Waals surface area contributed by atoms with Crippen LogP contribution in [0.15, 0.2) is 66.7 Å². The first-order valence-corrected chi connectivity index (χ1v) is 10.0. The van der Waals surface area contributed by atoms with Gasteiger partial charge in [0.05, 0.1) is 5.56 Å². The number of hydrogen-bond acceptors (Lipinski definition) is 3. The van der Waals surface area contributed by atoms with Crippen LogP contribution in [0.4, 0.5) is 24.5 Å². The lowest BCUT2D eigenvalue weighted by Crippen LogP contribution is -2.16. The third-order valence-corrected chi connectivity index (χ3v) is 4.94. The van der Waals surface area contributed by atoms with E-state index in [2.05, 4.69) is 10.6 Å². The van der Waals surface area contributed by atoms with Crippen LogP contribution in [0.25, 0.3) is 0 Å². The van der Waals surface area contributed by atoms with Gasteiger partial charge in [0, 0.05) is 34.9 Å². The molecule has 3 aromatic rings. The van der Waals surface area contributed by atoms with Gasteiger partial charge in [-0.15, -0.1) is 11.6 Å². The number of nitrogens with two attached hydrogens (primary N) is 1. The minimum absolute atomic E-state index is 0.124. The van der Waals surface area contributed by atoms with Gasteiger partial charge in [-0.1, -0.05) is 24.3 Å². The predicted molar refractivity (Wildman–Crippen MR) is 118 cm³/mol. The van der Waals surface area contributed by atoms with Gasteiger partial charge in [0.25, 0.3) is 11.8 Å². The van der Waals surface area contributed by atoms with Crippen LogP contribution >= 0.6 is 11.6 Å². The van der Waals surface area contributed by atoms with Crippen LogP contribution in [0.1, 0.15) is 37.4 Å². The summed E-state index contributed by atoms with van der Waals surface area (Å²) < 4.78 is 38.7. The fraction of sp³-hybridized carbons (Fsp3) is 0.130. The van der Waals surface area contributed by atoms with Gasteiger partial charge in [-0.2, -0.15) is 13.2 Å². The summed E-state index contributed by atoms with van der Waals surface area (Å²) in [5.41, 5.74) is 7.12. The van der Waals surface area contributed by atoms with E-state index in [0.717, 1.165) is 23.8 Å². The molecule has 0 radical (unpaired) electrons. The number of nitrogens with one attached hydrogen (secondary N) is 2. The summed E-state index contributed by atoms with van der Waals surface area (Å²) in [6, 6.07) is 15.6. The van der Waals surface area contributed by atoms with E-state index in [9.17, 15) is 22.8 Å². The van der Waals surface area contributed by atoms with Crippen molar-refractivity contribution in [2.45, 2.75) is 18.6 Å². The second-order valence-corrected chi connectivity index (χ2v) is 7.16. The van der Waals surface area contributed by atoms with Crippen LogP contribution in [-0.2, 0) is 18.6 Å². The Bertz CT molecular complexity index is 1150. The Balaban J connectivity index is 1.81. The molecule has 4 N–H and O–H groups in total. The maximum atomic E-state index is 12.9. The van der Waals surface area contributed by atoms with Crippen molar-refractivity contribution >= 4 is 34.8 Å². The van der Waals surface area contributed by atoms with Crippen LogP contribution in [0.3, 0.4) is 0 Å². The average molecular weight is 462 g/mol. The molecule has 0 aromatic heterocycles. The normalized spacial score (nSPS) is 11.2. The van der Waals surface area contributed by atoms with Gasteiger partial charge in [0.1, 0.15) is 0 Å². The van der Waals surface area contributed by atoms with E-state index in [0.29, 0.717) is 16.8 Å². The van der Waals surface area contributed by atoms with E-state index >= 15 is 0 Å². The average Bonchev–Trinajstić information content (AvgIpc) is 2.78. The number of amides is 2. The molecule has 3 rings (SSSR count). The standard InChI is InChI=1S/C23H19ClF3N3O2/c24-12-14-3-1-4-15(9-14)22(32)30-20-11-19(8-7-17(20)13-28)29-21(31)16-5-2-6-18(10-16)23(25,26)27/h1-11H,12-13,28H2,(H,29,31)(H,30,32). The Morgan fingerprint density at radius 3 is 2.19 bits per heavy atom. The molecule has 0 fully saturated rings. The van der Waals surface area contributed by atoms with Gasteiger partial charge in [0.15, 0.2) is 0 Å². The molecule has 0 heterocycles. The van der Waals surface area contributed by atoms with E-state index in [1.807, 2.05) is 0 Å². The number of benzene rings is 3. The molecule has 0 aliphatic rings. The van der Waals surface area contributed by atoms with Crippen molar-refractivity contribution in [3.63, 3.8) is 0 Å². The van der Waals surface area contributed by atoms with E-state index < -0.39 is 23.6 Å². The van der Waals surface area contributed by atoms with Gasteiger partial charge in [0.2, 0.25) is 0 Å². The van der Waals surface area contributed by atoms with E-state index in [1.54, 1.807) is 36.4 Å².